The molecule has 160 valence electrons. The number of hydrogen-bond donors (Lipinski definition) is 1. The number of amides is 1. The van der Waals surface area contributed by atoms with Crippen molar-refractivity contribution in [3.05, 3.63) is 71.1 Å². The minimum atomic E-state index is -4.85. The van der Waals surface area contributed by atoms with Crippen LogP contribution in [0, 0.1) is 5.82 Å². The molecule has 1 amide bonds. The Morgan fingerprint density at radius 2 is 2.03 bits per heavy atom. The first-order chi connectivity index (χ1) is 14.7. The number of fused-ring (bicyclic) bond motifs is 1. The molecule has 4 rings (SSSR count). The third-order valence-corrected chi connectivity index (χ3v) is 5.43. The smallest absolute Gasteiger partial charge is 0.419 e. The zero-order valence-corrected chi connectivity index (χ0v) is 16.9. The summed E-state index contributed by atoms with van der Waals surface area (Å²) in [6, 6.07) is 9.72. The molecule has 0 aliphatic heterocycles. The van der Waals surface area contributed by atoms with E-state index in [9.17, 15) is 22.4 Å². The Balaban J connectivity index is 1.54. The topological polar surface area (TPSA) is 55.6 Å². The Morgan fingerprint density at radius 3 is 2.77 bits per heavy atom. The Labute approximate surface area is 177 Å². The molecule has 0 aliphatic carbocycles. The van der Waals surface area contributed by atoms with Gasteiger partial charge in [-0.05, 0) is 30.3 Å². The second-order valence-corrected chi connectivity index (χ2v) is 7.49. The molecule has 0 saturated carbocycles. The minimum absolute atomic E-state index is 0.0906. The molecule has 31 heavy (non-hydrogen) atoms. The number of anilines is 1. The molecule has 5 nitrogen and oxygen atoms in total. The average Bonchev–Trinajstić information content (AvgIpc) is 3.31. The highest BCUT2D eigenvalue weighted by molar-refractivity contribution is 7.15. The van der Waals surface area contributed by atoms with Crippen LogP contribution >= 0.6 is 11.3 Å². The predicted octanol–water partition coefficient (Wildman–Crippen LogP) is 5.41. The minimum Gasteiger partial charge on any atom is -0.497 e. The molecule has 0 saturated heterocycles. The number of methoxy groups -OCH3 is 1. The first kappa shape index (κ1) is 20.9. The number of nitrogens with zero attached hydrogens (tertiary/aromatic N) is 2. The summed E-state index contributed by atoms with van der Waals surface area (Å²) in [7, 11) is 1.57. The van der Waals surface area contributed by atoms with Gasteiger partial charge < -0.3 is 10.1 Å². The lowest BCUT2D eigenvalue weighted by atomic mass is 10.1. The Morgan fingerprint density at radius 1 is 1.23 bits per heavy atom. The van der Waals surface area contributed by atoms with Crippen LogP contribution in [0.2, 0.25) is 0 Å². The first-order valence-electron chi connectivity index (χ1n) is 9.01. The van der Waals surface area contributed by atoms with Gasteiger partial charge in [-0.1, -0.05) is 12.1 Å². The molecule has 0 aliphatic rings. The third-order valence-electron chi connectivity index (χ3n) is 4.55. The summed E-state index contributed by atoms with van der Waals surface area (Å²) < 4.78 is 59.0. The van der Waals surface area contributed by atoms with E-state index in [2.05, 4.69) is 10.3 Å². The number of ether oxygens (including phenoxy) is 1. The Bertz CT molecular complexity index is 1260. The fourth-order valence-electron chi connectivity index (χ4n) is 3.07. The van der Waals surface area contributed by atoms with E-state index in [0.717, 1.165) is 11.6 Å². The number of carbonyl (C=O) groups excluding carboxylic acids is 1. The number of rotatable bonds is 5. The van der Waals surface area contributed by atoms with E-state index in [4.69, 9.17) is 4.74 Å². The highest BCUT2D eigenvalue weighted by atomic mass is 32.1. The van der Waals surface area contributed by atoms with Gasteiger partial charge in [-0.3, -0.25) is 9.20 Å². The summed E-state index contributed by atoms with van der Waals surface area (Å²) in [5.74, 6) is -1.24. The van der Waals surface area contributed by atoms with Gasteiger partial charge in [0.25, 0.3) is 0 Å². The van der Waals surface area contributed by atoms with Crippen LogP contribution in [0.4, 0.5) is 23.2 Å². The van der Waals surface area contributed by atoms with Crippen LogP contribution < -0.4 is 10.1 Å². The van der Waals surface area contributed by atoms with Crippen molar-refractivity contribution in [1.29, 1.82) is 0 Å². The first-order valence-corrected chi connectivity index (χ1v) is 9.89. The van der Waals surface area contributed by atoms with E-state index in [-0.39, 0.29) is 12.1 Å². The summed E-state index contributed by atoms with van der Waals surface area (Å²) in [4.78, 5) is 17.6. The van der Waals surface area contributed by atoms with Gasteiger partial charge in [-0.25, -0.2) is 9.37 Å². The van der Waals surface area contributed by atoms with Gasteiger partial charge in [0.05, 0.1) is 24.8 Å². The molecule has 0 atom stereocenters. The summed E-state index contributed by atoms with van der Waals surface area (Å²) in [6.07, 6.45) is -3.16. The van der Waals surface area contributed by atoms with Crippen LogP contribution in [0.3, 0.4) is 0 Å². The van der Waals surface area contributed by atoms with Crippen molar-refractivity contribution in [2.75, 3.05) is 12.4 Å². The molecule has 0 radical (unpaired) electrons. The number of carbonyl (C=O) groups is 1. The van der Waals surface area contributed by atoms with Crippen molar-refractivity contribution in [2.45, 2.75) is 12.6 Å². The number of benzene rings is 2. The quantitative estimate of drug-likeness (QED) is 0.415. The van der Waals surface area contributed by atoms with Gasteiger partial charge in [0.15, 0.2) is 4.96 Å². The van der Waals surface area contributed by atoms with Crippen LogP contribution in [0.25, 0.3) is 16.2 Å². The molecular formula is C21H15F4N3O2S. The molecule has 4 aromatic rings. The van der Waals surface area contributed by atoms with Crippen molar-refractivity contribution in [3.8, 4) is 17.0 Å². The van der Waals surface area contributed by atoms with E-state index < -0.39 is 23.5 Å². The van der Waals surface area contributed by atoms with E-state index in [0.29, 0.717) is 34.2 Å². The fourth-order valence-corrected chi connectivity index (χ4v) is 3.94. The maximum atomic E-state index is 13.4. The lowest BCUT2D eigenvalue weighted by Crippen LogP contribution is -2.16. The van der Waals surface area contributed by atoms with Gasteiger partial charge in [-0.15, -0.1) is 11.3 Å². The van der Waals surface area contributed by atoms with Gasteiger partial charge in [-0.2, -0.15) is 13.2 Å². The molecule has 0 unspecified atom stereocenters. The molecule has 2 heterocycles. The van der Waals surface area contributed by atoms with E-state index in [1.165, 1.54) is 11.3 Å². The molecule has 2 aromatic heterocycles. The zero-order chi connectivity index (χ0) is 22.2. The van der Waals surface area contributed by atoms with Crippen molar-refractivity contribution in [1.82, 2.24) is 9.38 Å². The molecule has 0 fully saturated rings. The van der Waals surface area contributed by atoms with Crippen molar-refractivity contribution >= 4 is 27.9 Å². The standard InChI is InChI=1S/C21H15F4N3O2S/c1-30-15-4-2-3-12(7-15)18-10-28-14(11-31-20(28)27-18)9-19(29)26-13-5-6-17(22)16(8-13)21(23,24)25/h2-8,10-11H,9H2,1H3,(H,26,29). The Hall–Kier alpha value is -3.40. The van der Waals surface area contributed by atoms with Crippen LogP contribution in [0.5, 0.6) is 5.75 Å². The lowest BCUT2D eigenvalue weighted by Gasteiger charge is -2.11. The zero-order valence-electron chi connectivity index (χ0n) is 16.0. The number of hydrogen-bond acceptors (Lipinski definition) is 4. The second kappa shape index (κ2) is 8.03. The molecule has 2 aromatic carbocycles. The third kappa shape index (κ3) is 4.38. The summed E-state index contributed by atoms with van der Waals surface area (Å²) >= 11 is 1.34. The fraction of sp³-hybridized carbons (Fsp3) is 0.143. The molecule has 10 heteroatoms. The number of alkyl halides is 3. The molecular weight excluding hydrogens is 434 g/mol. The Kier molecular flexibility index (Phi) is 5.40. The van der Waals surface area contributed by atoms with Crippen LogP contribution in [0.15, 0.2) is 54.0 Å². The van der Waals surface area contributed by atoms with Crippen LogP contribution in [0.1, 0.15) is 11.3 Å². The summed E-state index contributed by atoms with van der Waals surface area (Å²) in [5.41, 5.74) is 0.600. The number of nitrogens with one attached hydrogen (secondary N) is 1. The predicted molar refractivity (Wildman–Crippen MR) is 109 cm³/mol. The van der Waals surface area contributed by atoms with Gasteiger partial charge in [0, 0.05) is 28.5 Å². The van der Waals surface area contributed by atoms with E-state index >= 15 is 0 Å². The second-order valence-electron chi connectivity index (χ2n) is 6.66. The number of imidazole rings is 1. The van der Waals surface area contributed by atoms with E-state index in [1.54, 1.807) is 23.1 Å². The van der Waals surface area contributed by atoms with Crippen molar-refractivity contribution in [2.24, 2.45) is 0 Å². The molecule has 1 N–H and O–H groups in total. The maximum absolute atomic E-state index is 13.4. The molecule has 0 spiro atoms. The number of aromatic nitrogens is 2. The number of thiazole rings is 1. The van der Waals surface area contributed by atoms with Crippen molar-refractivity contribution < 1.29 is 27.1 Å². The van der Waals surface area contributed by atoms with Gasteiger partial charge >= 0.3 is 6.18 Å². The van der Waals surface area contributed by atoms with Gasteiger partial charge in [0.1, 0.15) is 11.6 Å². The summed E-state index contributed by atoms with van der Waals surface area (Å²) in [6.45, 7) is 0. The largest absolute Gasteiger partial charge is 0.497 e. The highest BCUT2D eigenvalue weighted by Crippen LogP contribution is 2.33. The highest BCUT2D eigenvalue weighted by Gasteiger charge is 2.34. The summed E-state index contributed by atoms with van der Waals surface area (Å²) in [5, 5.41) is 4.14. The van der Waals surface area contributed by atoms with Gasteiger partial charge in [0.2, 0.25) is 5.91 Å². The number of halogens is 4. The van der Waals surface area contributed by atoms with Crippen molar-refractivity contribution in [3.63, 3.8) is 0 Å². The lowest BCUT2D eigenvalue weighted by molar-refractivity contribution is -0.140. The van der Waals surface area contributed by atoms with E-state index in [1.807, 2.05) is 24.3 Å². The average molecular weight is 449 g/mol. The van der Waals surface area contributed by atoms with Crippen LogP contribution in [-0.4, -0.2) is 22.4 Å². The maximum Gasteiger partial charge on any atom is 0.419 e. The normalized spacial score (nSPS) is 11.6. The SMILES string of the molecule is COc1cccc(-c2cn3c(CC(=O)Nc4ccc(F)c(C(F)(F)F)c4)csc3n2)c1. The molecule has 0 bridgehead atoms. The monoisotopic (exact) mass is 449 g/mol. The van der Waals surface area contributed by atoms with Crippen LogP contribution in [-0.2, 0) is 17.4 Å².